The second-order valence-corrected chi connectivity index (χ2v) is 7.22. The zero-order chi connectivity index (χ0) is 17.6. The first-order valence-electron chi connectivity index (χ1n) is 9.71. The smallest absolute Gasteiger partial charge is 0.161 e. The normalized spacial score (nSPS) is 23.6. The van der Waals surface area contributed by atoms with Gasteiger partial charge < -0.3 is 19.7 Å². The van der Waals surface area contributed by atoms with E-state index in [0.717, 1.165) is 37.7 Å². The quantitative estimate of drug-likeness (QED) is 0.820. The van der Waals surface area contributed by atoms with Crippen molar-refractivity contribution in [3.05, 3.63) is 23.8 Å². The van der Waals surface area contributed by atoms with Crippen LogP contribution in [0.5, 0.6) is 11.5 Å². The average molecular weight is 348 g/mol. The molecule has 2 aliphatic heterocycles. The molecule has 1 aromatic carbocycles. The predicted molar refractivity (Wildman–Crippen MR) is 102 cm³/mol. The van der Waals surface area contributed by atoms with Crippen molar-refractivity contribution in [1.29, 1.82) is 0 Å². The molecule has 2 saturated heterocycles. The number of nitrogens with zero attached hydrogens (tertiary/aromatic N) is 2. The van der Waals surface area contributed by atoms with E-state index in [9.17, 15) is 0 Å². The minimum atomic E-state index is 0.409. The highest BCUT2D eigenvalue weighted by molar-refractivity contribution is 5.44. The maximum atomic E-state index is 5.70. The van der Waals surface area contributed by atoms with Crippen LogP contribution < -0.4 is 14.8 Å². The van der Waals surface area contributed by atoms with Gasteiger partial charge in [0, 0.05) is 38.3 Å². The Bertz CT molecular complexity index is 546. The lowest BCUT2D eigenvalue weighted by molar-refractivity contribution is 0.117. The number of likely N-dealkylation sites (tertiary alicyclic amines) is 1. The van der Waals surface area contributed by atoms with Gasteiger partial charge >= 0.3 is 0 Å². The van der Waals surface area contributed by atoms with E-state index in [4.69, 9.17) is 9.47 Å². The molecule has 5 heteroatoms. The summed E-state index contributed by atoms with van der Waals surface area (Å²) < 4.78 is 11.3. The summed E-state index contributed by atoms with van der Waals surface area (Å²) in [5.74, 6) is 1.68. The summed E-state index contributed by atoms with van der Waals surface area (Å²) in [6.07, 6.45) is 2.66. The molecule has 2 fully saturated rings. The van der Waals surface area contributed by atoms with E-state index < -0.39 is 0 Å². The van der Waals surface area contributed by atoms with E-state index in [-0.39, 0.29) is 0 Å². The van der Waals surface area contributed by atoms with Crippen LogP contribution in [0.4, 0.5) is 0 Å². The fraction of sp³-hybridized carbons (Fsp3) is 0.700. The third kappa shape index (κ3) is 4.66. The van der Waals surface area contributed by atoms with E-state index in [1.807, 2.05) is 6.92 Å². The monoisotopic (exact) mass is 347 g/mol. The molecule has 0 spiro atoms. The highest BCUT2D eigenvalue weighted by Crippen LogP contribution is 2.33. The van der Waals surface area contributed by atoms with Crippen molar-refractivity contribution in [2.24, 2.45) is 0 Å². The lowest BCUT2D eigenvalue weighted by Gasteiger charge is -2.39. The minimum absolute atomic E-state index is 0.409. The Labute approximate surface area is 152 Å². The van der Waals surface area contributed by atoms with Gasteiger partial charge in [-0.15, -0.1) is 0 Å². The summed E-state index contributed by atoms with van der Waals surface area (Å²) in [5, 5.41) is 3.56. The van der Waals surface area contributed by atoms with E-state index >= 15 is 0 Å². The van der Waals surface area contributed by atoms with Crippen molar-refractivity contribution in [2.45, 2.75) is 38.8 Å². The highest BCUT2D eigenvalue weighted by Gasteiger charge is 2.28. The molecule has 2 atom stereocenters. The molecule has 0 amide bonds. The summed E-state index contributed by atoms with van der Waals surface area (Å²) in [7, 11) is 1.73. The van der Waals surface area contributed by atoms with Gasteiger partial charge in [-0.3, -0.25) is 4.90 Å². The first kappa shape index (κ1) is 18.5. The zero-order valence-corrected chi connectivity index (χ0v) is 16.0. The van der Waals surface area contributed by atoms with Gasteiger partial charge in [0.05, 0.1) is 13.7 Å². The molecule has 25 heavy (non-hydrogen) atoms. The van der Waals surface area contributed by atoms with E-state index in [1.54, 1.807) is 7.11 Å². The van der Waals surface area contributed by atoms with E-state index in [0.29, 0.717) is 18.7 Å². The van der Waals surface area contributed by atoms with Crippen molar-refractivity contribution in [3.8, 4) is 11.5 Å². The Morgan fingerprint density at radius 3 is 2.68 bits per heavy atom. The van der Waals surface area contributed by atoms with Crippen molar-refractivity contribution < 1.29 is 9.47 Å². The molecule has 1 aromatic rings. The Morgan fingerprint density at radius 1 is 1.20 bits per heavy atom. The van der Waals surface area contributed by atoms with Gasteiger partial charge in [0.2, 0.25) is 0 Å². The summed E-state index contributed by atoms with van der Waals surface area (Å²) in [6, 6.07) is 7.42. The maximum Gasteiger partial charge on any atom is 0.161 e. The number of hydrogen-bond acceptors (Lipinski definition) is 5. The summed E-state index contributed by atoms with van der Waals surface area (Å²) in [6.45, 7) is 11.7. The van der Waals surface area contributed by atoms with Crippen LogP contribution in [0, 0.1) is 0 Å². The number of ether oxygens (including phenoxy) is 2. The minimum Gasteiger partial charge on any atom is -0.493 e. The number of piperazine rings is 1. The number of hydrogen-bond donors (Lipinski definition) is 1. The van der Waals surface area contributed by atoms with Crippen LogP contribution in [0.1, 0.15) is 38.3 Å². The van der Waals surface area contributed by atoms with E-state index in [2.05, 4.69) is 40.2 Å². The number of benzene rings is 1. The molecule has 5 nitrogen and oxygen atoms in total. The van der Waals surface area contributed by atoms with Crippen LogP contribution in [0.2, 0.25) is 0 Å². The van der Waals surface area contributed by atoms with Crippen molar-refractivity contribution >= 4 is 0 Å². The molecule has 2 heterocycles. The Hall–Kier alpha value is -1.30. The van der Waals surface area contributed by atoms with Gasteiger partial charge in [0.25, 0.3) is 0 Å². The SMILES string of the molecule is CCOc1ccc(C(CN2CCCC2)N2CCNC(C)C2)cc1OC. The molecule has 1 N–H and O–H groups in total. The van der Waals surface area contributed by atoms with Gasteiger partial charge in [-0.25, -0.2) is 0 Å². The van der Waals surface area contributed by atoms with Crippen LogP contribution in [-0.2, 0) is 0 Å². The van der Waals surface area contributed by atoms with Crippen LogP contribution in [-0.4, -0.2) is 68.8 Å². The molecule has 0 radical (unpaired) electrons. The van der Waals surface area contributed by atoms with Gasteiger partial charge in [-0.2, -0.15) is 0 Å². The summed E-state index contributed by atoms with van der Waals surface area (Å²) in [4.78, 5) is 5.24. The third-order valence-electron chi connectivity index (χ3n) is 5.34. The van der Waals surface area contributed by atoms with Crippen molar-refractivity contribution in [1.82, 2.24) is 15.1 Å². The highest BCUT2D eigenvalue weighted by atomic mass is 16.5. The molecule has 0 bridgehead atoms. The lowest BCUT2D eigenvalue weighted by atomic mass is 10.0. The molecule has 140 valence electrons. The molecule has 2 aliphatic rings. The second-order valence-electron chi connectivity index (χ2n) is 7.22. The molecule has 0 aliphatic carbocycles. The number of methoxy groups -OCH3 is 1. The largest absolute Gasteiger partial charge is 0.493 e. The first-order chi connectivity index (χ1) is 12.2. The third-order valence-corrected chi connectivity index (χ3v) is 5.34. The van der Waals surface area contributed by atoms with Gasteiger partial charge in [0.15, 0.2) is 11.5 Å². The Kier molecular flexibility index (Phi) is 6.57. The van der Waals surface area contributed by atoms with Crippen LogP contribution in [0.25, 0.3) is 0 Å². The Morgan fingerprint density at radius 2 is 2.00 bits per heavy atom. The standard InChI is InChI=1S/C20H33N3O2/c1-4-25-19-8-7-17(13-20(19)24-3)18(15-22-10-5-6-11-22)23-12-9-21-16(2)14-23/h7-8,13,16,18,21H,4-6,9-12,14-15H2,1-3H3. The van der Waals surface area contributed by atoms with Gasteiger partial charge in [0.1, 0.15) is 0 Å². The first-order valence-corrected chi connectivity index (χ1v) is 9.71. The fourth-order valence-corrected chi connectivity index (χ4v) is 4.05. The second kappa shape index (κ2) is 8.88. The van der Waals surface area contributed by atoms with Crippen LogP contribution in [0.3, 0.4) is 0 Å². The molecule has 0 saturated carbocycles. The summed E-state index contributed by atoms with van der Waals surface area (Å²) in [5.41, 5.74) is 1.33. The van der Waals surface area contributed by atoms with Gasteiger partial charge in [-0.1, -0.05) is 6.07 Å². The average Bonchev–Trinajstić information content (AvgIpc) is 3.13. The van der Waals surface area contributed by atoms with E-state index in [1.165, 1.54) is 31.5 Å². The molecule has 2 unspecified atom stereocenters. The molecular formula is C20H33N3O2. The molecular weight excluding hydrogens is 314 g/mol. The van der Waals surface area contributed by atoms with Crippen molar-refractivity contribution in [3.63, 3.8) is 0 Å². The topological polar surface area (TPSA) is 37.0 Å². The van der Waals surface area contributed by atoms with Crippen LogP contribution in [0.15, 0.2) is 18.2 Å². The van der Waals surface area contributed by atoms with Crippen molar-refractivity contribution in [2.75, 3.05) is 53.0 Å². The Balaban J connectivity index is 1.84. The van der Waals surface area contributed by atoms with Gasteiger partial charge in [-0.05, 0) is 57.5 Å². The molecule has 0 aromatic heterocycles. The fourth-order valence-electron chi connectivity index (χ4n) is 4.05. The predicted octanol–water partition coefficient (Wildman–Crippen LogP) is 2.52. The lowest BCUT2D eigenvalue weighted by Crippen LogP contribution is -2.52. The zero-order valence-electron chi connectivity index (χ0n) is 16.0. The maximum absolute atomic E-state index is 5.70. The number of nitrogens with one attached hydrogen (secondary N) is 1. The summed E-state index contributed by atoms with van der Waals surface area (Å²) >= 11 is 0. The number of rotatable bonds is 7. The molecule has 3 rings (SSSR count). The van der Waals surface area contributed by atoms with Crippen LogP contribution >= 0.6 is 0 Å².